The lowest BCUT2D eigenvalue weighted by molar-refractivity contribution is 0.313. The van der Waals surface area contributed by atoms with Gasteiger partial charge in [0, 0.05) is 37.9 Å². The van der Waals surface area contributed by atoms with Gasteiger partial charge in [0.25, 0.3) is 0 Å². The predicted octanol–water partition coefficient (Wildman–Crippen LogP) is 2.32. The van der Waals surface area contributed by atoms with E-state index in [2.05, 4.69) is 50.5 Å². The van der Waals surface area contributed by atoms with Gasteiger partial charge < -0.3 is 5.73 Å². The number of likely N-dealkylation sites (tertiary alicyclic amines) is 1. The zero-order valence-corrected chi connectivity index (χ0v) is 16.0. The Balaban J connectivity index is 0.00000210. The zero-order chi connectivity index (χ0) is 17.8. The van der Waals surface area contributed by atoms with E-state index in [4.69, 9.17) is 5.73 Å². The fourth-order valence-electron chi connectivity index (χ4n) is 3.80. The molecule has 0 amide bonds. The molecular weight excluding hydrogens is 360 g/mol. The minimum Gasteiger partial charge on any atom is -0.330 e. The van der Waals surface area contributed by atoms with Crippen molar-refractivity contribution >= 4 is 12.4 Å². The van der Waals surface area contributed by atoms with E-state index in [-0.39, 0.29) is 12.4 Å². The summed E-state index contributed by atoms with van der Waals surface area (Å²) >= 11 is 0. The Morgan fingerprint density at radius 3 is 2.63 bits per heavy atom. The van der Waals surface area contributed by atoms with Crippen LogP contribution in [0.4, 0.5) is 0 Å². The molecule has 3 heterocycles. The van der Waals surface area contributed by atoms with E-state index in [1.807, 2.05) is 29.2 Å². The van der Waals surface area contributed by atoms with Crippen LogP contribution in [0.5, 0.6) is 0 Å². The molecule has 1 saturated heterocycles. The molecule has 7 heteroatoms. The number of pyridine rings is 1. The molecule has 1 aliphatic heterocycles. The largest absolute Gasteiger partial charge is 0.330 e. The van der Waals surface area contributed by atoms with Gasteiger partial charge in [0.2, 0.25) is 0 Å². The van der Waals surface area contributed by atoms with Crippen molar-refractivity contribution in [2.45, 2.75) is 19.0 Å². The van der Waals surface area contributed by atoms with Crippen LogP contribution in [0.25, 0.3) is 0 Å². The first-order chi connectivity index (χ1) is 12.8. The Kier molecular flexibility index (Phi) is 6.55. The molecule has 0 radical (unpaired) electrons. The topological polar surface area (TPSA) is 72.9 Å². The Morgan fingerprint density at radius 1 is 1.04 bits per heavy atom. The van der Waals surface area contributed by atoms with Crippen LogP contribution < -0.4 is 5.73 Å². The summed E-state index contributed by atoms with van der Waals surface area (Å²) in [5, 5.41) is 8.60. The average Bonchev–Trinajstić information content (AvgIpc) is 3.30. The van der Waals surface area contributed by atoms with Crippen LogP contribution in [-0.4, -0.2) is 44.5 Å². The van der Waals surface area contributed by atoms with Gasteiger partial charge in [-0.2, -0.15) is 0 Å². The first kappa shape index (κ1) is 19.5. The van der Waals surface area contributed by atoms with Crippen molar-refractivity contribution in [1.29, 1.82) is 0 Å². The molecule has 0 aliphatic carbocycles. The SMILES string of the molecule is Cl.NC[C@@H]1CN(Cc2cn(Cc3cccnc3)nn2)C[C@H]1c1ccccc1. The number of nitrogens with two attached hydrogens (primary N) is 1. The minimum absolute atomic E-state index is 0. The molecule has 2 N–H and O–H groups in total. The molecule has 0 spiro atoms. The second-order valence-electron chi connectivity index (χ2n) is 6.98. The first-order valence-corrected chi connectivity index (χ1v) is 9.07. The highest BCUT2D eigenvalue weighted by molar-refractivity contribution is 5.85. The van der Waals surface area contributed by atoms with Crippen molar-refractivity contribution in [2.75, 3.05) is 19.6 Å². The molecule has 142 valence electrons. The molecule has 2 atom stereocenters. The van der Waals surface area contributed by atoms with Gasteiger partial charge in [-0.25, -0.2) is 4.68 Å². The summed E-state index contributed by atoms with van der Waals surface area (Å²) in [4.78, 5) is 6.58. The van der Waals surface area contributed by atoms with Crippen LogP contribution in [0.3, 0.4) is 0 Å². The van der Waals surface area contributed by atoms with Crippen molar-refractivity contribution in [3.8, 4) is 0 Å². The first-order valence-electron chi connectivity index (χ1n) is 9.07. The molecule has 4 rings (SSSR count). The number of nitrogens with zero attached hydrogens (tertiary/aromatic N) is 5. The average molecular weight is 385 g/mol. The van der Waals surface area contributed by atoms with E-state index in [9.17, 15) is 0 Å². The van der Waals surface area contributed by atoms with E-state index in [0.29, 0.717) is 24.9 Å². The maximum absolute atomic E-state index is 6.04. The lowest BCUT2D eigenvalue weighted by atomic mass is 9.89. The van der Waals surface area contributed by atoms with Gasteiger partial charge in [-0.05, 0) is 29.7 Å². The molecule has 1 aliphatic rings. The number of halogens is 1. The molecule has 2 aromatic heterocycles. The number of hydrogen-bond acceptors (Lipinski definition) is 5. The highest BCUT2D eigenvalue weighted by atomic mass is 35.5. The van der Waals surface area contributed by atoms with Gasteiger partial charge in [-0.1, -0.05) is 41.6 Å². The number of rotatable bonds is 6. The van der Waals surface area contributed by atoms with Gasteiger partial charge >= 0.3 is 0 Å². The van der Waals surface area contributed by atoms with Gasteiger partial charge in [-0.3, -0.25) is 9.88 Å². The second kappa shape index (κ2) is 9.08. The zero-order valence-electron chi connectivity index (χ0n) is 15.2. The fourth-order valence-corrected chi connectivity index (χ4v) is 3.80. The highest BCUT2D eigenvalue weighted by Gasteiger charge is 2.33. The van der Waals surface area contributed by atoms with E-state index < -0.39 is 0 Å². The number of benzene rings is 1. The van der Waals surface area contributed by atoms with Gasteiger partial charge in [0.15, 0.2) is 0 Å². The van der Waals surface area contributed by atoms with Crippen LogP contribution in [0, 0.1) is 5.92 Å². The van der Waals surface area contributed by atoms with Gasteiger partial charge in [0.1, 0.15) is 0 Å². The third-order valence-electron chi connectivity index (χ3n) is 5.09. The van der Waals surface area contributed by atoms with Crippen LogP contribution in [0.1, 0.15) is 22.7 Å². The van der Waals surface area contributed by atoms with Crippen molar-refractivity contribution in [3.05, 3.63) is 77.9 Å². The number of aromatic nitrogens is 4. The van der Waals surface area contributed by atoms with E-state index in [1.54, 1.807) is 6.20 Å². The van der Waals surface area contributed by atoms with Gasteiger partial charge in [0.05, 0.1) is 18.4 Å². The van der Waals surface area contributed by atoms with Crippen molar-refractivity contribution in [1.82, 2.24) is 24.9 Å². The summed E-state index contributed by atoms with van der Waals surface area (Å²) in [5.74, 6) is 0.981. The molecular formula is C20H25ClN6. The van der Waals surface area contributed by atoms with Crippen molar-refractivity contribution in [2.24, 2.45) is 11.7 Å². The molecule has 27 heavy (non-hydrogen) atoms. The van der Waals surface area contributed by atoms with Crippen LogP contribution in [-0.2, 0) is 13.1 Å². The summed E-state index contributed by atoms with van der Waals surface area (Å²) < 4.78 is 1.87. The Hall–Kier alpha value is -2.28. The summed E-state index contributed by atoms with van der Waals surface area (Å²) in [6.45, 7) is 4.24. The summed E-state index contributed by atoms with van der Waals surface area (Å²) in [7, 11) is 0. The summed E-state index contributed by atoms with van der Waals surface area (Å²) in [6.07, 6.45) is 5.67. The van der Waals surface area contributed by atoms with Crippen LogP contribution in [0.15, 0.2) is 61.1 Å². The Bertz CT molecular complexity index is 823. The molecule has 6 nitrogen and oxygen atoms in total. The van der Waals surface area contributed by atoms with E-state index in [1.165, 1.54) is 5.56 Å². The predicted molar refractivity (Wildman–Crippen MR) is 108 cm³/mol. The molecule has 1 aromatic carbocycles. The van der Waals surface area contributed by atoms with Crippen LogP contribution in [0.2, 0.25) is 0 Å². The van der Waals surface area contributed by atoms with E-state index in [0.717, 1.165) is 30.9 Å². The monoisotopic (exact) mass is 384 g/mol. The Labute approximate surface area is 165 Å². The lowest BCUT2D eigenvalue weighted by Gasteiger charge is -2.16. The maximum atomic E-state index is 6.04. The Morgan fingerprint density at radius 2 is 1.89 bits per heavy atom. The smallest absolute Gasteiger partial charge is 0.0967 e. The quantitative estimate of drug-likeness (QED) is 0.706. The molecule has 3 aromatic rings. The van der Waals surface area contributed by atoms with Crippen molar-refractivity contribution < 1.29 is 0 Å². The summed E-state index contributed by atoms with van der Waals surface area (Å²) in [5.41, 5.74) is 9.54. The molecule has 0 saturated carbocycles. The number of hydrogen-bond donors (Lipinski definition) is 1. The fraction of sp³-hybridized carbons (Fsp3) is 0.350. The summed E-state index contributed by atoms with van der Waals surface area (Å²) in [6, 6.07) is 14.7. The molecule has 1 fully saturated rings. The normalized spacial score (nSPS) is 19.7. The minimum atomic E-state index is 0. The lowest BCUT2D eigenvalue weighted by Crippen LogP contribution is -2.23. The molecule has 0 bridgehead atoms. The van der Waals surface area contributed by atoms with Gasteiger partial charge in [-0.15, -0.1) is 17.5 Å². The second-order valence-corrected chi connectivity index (χ2v) is 6.98. The van der Waals surface area contributed by atoms with E-state index >= 15 is 0 Å². The standard InChI is InChI=1S/C20H24N6.ClH/c21-9-18-12-25(15-20(18)17-6-2-1-3-7-17)13-19-14-26(24-23-19)11-16-5-4-8-22-10-16;/h1-8,10,14,18,20H,9,11-13,15,21H2;1H/t18-,20+;/m1./s1. The third kappa shape index (κ3) is 4.71. The highest BCUT2D eigenvalue weighted by Crippen LogP contribution is 2.32. The molecule has 0 unspecified atom stereocenters. The van der Waals surface area contributed by atoms with Crippen LogP contribution >= 0.6 is 12.4 Å². The maximum Gasteiger partial charge on any atom is 0.0967 e. The third-order valence-corrected chi connectivity index (χ3v) is 5.09. The van der Waals surface area contributed by atoms with Crippen molar-refractivity contribution in [3.63, 3.8) is 0 Å².